The monoisotopic (exact) mass is 562 g/mol. The summed E-state index contributed by atoms with van der Waals surface area (Å²) in [4.78, 5) is 24.8. The molecule has 2 aliphatic heterocycles. The predicted molar refractivity (Wildman–Crippen MR) is 115 cm³/mol. The smallest absolute Gasteiger partial charge is 0.475 e. The lowest BCUT2D eigenvalue weighted by Gasteiger charge is -2.32. The van der Waals surface area contributed by atoms with E-state index in [9.17, 15) is 26.3 Å². The molecule has 4 rings (SSSR count). The highest BCUT2D eigenvalue weighted by Crippen LogP contribution is 2.32. The van der Waals surface area contributed by atoms with Gasteiger partial charge in [0.15, 0.2) is 0 Å². The van der Waals surface area contributed by atoms with Crippen LogP contribution in [-0.4, -0.2) is 75.8 Å². The summed E-state index contributed by atoms with van der Waals surface area (Å²) in [5.41, 5.74) is 2.23. The Balaban J connectivity index is 0.000000286. The summed E-state index contributed by atoms with van der Waals surface area (Å²) in [6, 6.07) is 2.48. The number of ether oxygens (including phenoxy) is 2. The molecule has 208 valence electrons. The Morgan fingerprint density at radius 3 is 2.30 bits per heavy atom. The molecule has 0 amide bonds. The van der Waals surface area contributed by atoms with E-state index < -0.39 is 24.3 Å². The minimum Gasteiger partial charge on any atom is -0.475 e. The zero-order valence-corrected chi connectivity index (χ0v) is 20.1. The lowest BCUT2D eigenvalue weighted by molar-refractivity contribution is -0.193. The second-order valence-corrected chi connectivity index (χ2v) is 8.98. The van der Waals surface area contributed by atoms with E-state index in [2.05, 4.69) is 15.3 Å². The number of carboxylic acid groups (broad SMARTS) is 2. The van der Waals surface area contributed by atoms with Gasteiger partial charge in [-0.15, -0.1) is 11.3 Å². The van der Waals surface area contributed by atoms with Crippen molar-refractivity contribution in [1.82, 2.24) is 9.88 Å². The molecule has 2 N–H and O–H groups in total. The van der Waals surface area contributed by atoms with Gasteiger partial charge in [-0.05, 0) is 25.8 Å². The summed E-state index contributed by atoms with van der Waals surface area (Å²) in [5.74, 6) is -5.51. The van der Waals surface area contributed by atoms with Gasteiger partial charge in [-0.1, -0.05) is 0 Å². The molecule has 37 heavy (non-hydrogen) atoms. The summed E-state index contributed by atoms with van der Waals surface area (Å²) in [5, 5.41) is 17.4. The minimum atomic E-state index is -5.08. The van der Waals surface area contributed by atoms with Crippen molar-refractivity contribution in [3.8, 4) is 0 Å². The highest BCUT2D eigenvalue weighted by atomic mass is 32.1. The molecule has 2 aromatic heterocycles. The Morgan fingerprint density at radius 2 is 1.81 bits per heavy atom. The van der Waals surface area contributed by atoms with Crippen LogP contribution in [0, 0.1) is 6.92 Å². The molecule has 0 radical (unpaired) electrons. The lowest BCUT2D eigenvalue weighted by atomic mass is 10.0. The van der Waals surface area contributed by atoms with E-state index >= 15 is 0 Å². The average molecular weight is 562 g/mol. The molecule has 0 unspecified atom stereocenters. The number of furan rings is 1. The van der Waals surface area contributed by atoms with Gasteiger partial charge in [0, 0.05) is 36.7 Å². The molecule has 0 saturated carbocycles. The minimum absolute atomic E-state index is 0.120. The van der Waals surface area contributed by atoms with E-state index in [1.54, 1.807) is 17.6 Å². The number of rotatable bonds is 5. The molecule has 2 fully saturated rings. The Hall–Kier alpha value is -2.69. The van der Waals surface area contributed by atoms with Gasteiger partial charge in [-0.2, -0.15) is 26.3 Å². The number of likely N-dealkylation sites (tertiary alicyclic amines) is 1. The fraction of sp³-hybridized carbons (Fsp3) is 0.571. The molecule has 4 heterocycles. The van der Waals surface area contributed by atoms with E-state index in [0.29, 0.717) is 12.6 Å². The SMILES string of the molecule is Cc1nc(CO[C@H]2CN(Cc3ccoc3)[C@@H]3CCCO[C@H]23)cs1.O=C(O)C(F)(F)F.O=C(O)C(F)(F)F. The molecular formula is C21H24F6N2O7S. The van der Waals surface area contributed by atoms with E-state index in [1.165, 1.54) is 12.0 Å². The zero-order chi connectivity index (χ0) is 27.8. The Bertz CT molecular complexity index is 972. The van der Waals surface area contributed by atoms with Crippen LogP contribution in [0.4, 0.5) is 26.3 Å². The molecule has 0 aliphatic carbocycles. The van der Waals surface area contributed by atoms with Crippen LogP contribution in [0.1, 0.15) is 29.1 Å². The van der Waals surface area contributed by atoms with E-state index in [-0.39, 0.29) is 12.2 Å². The summed E-state index contributed by atoms with van der Waals surface area (Å²) >= 11 is 1.67. The highest BCUT2D eigenvalue weighted by molar-refractivity contribution is 7.09. The number of thiazole rings is 1. The van der Waals surface area contributed by atoms with Crippen LogP contribution in [0.5, 0.6) is 0 Å². The molecule has 3 atom stereocenters. The van der Waals surface area contributed by atoms with Gasteiger partial charge in [0.1, 0.15) is 6.10 Å². The van der Waals surface area contributed by atoms with Crippen molar-refractivity contribution < 1.29 is 60.0 Å². The molecule has 0 spiro atoms. The number of aryl methyl sites for hydroxylation is 1. The fourth-order valence-corrected chi connectivity index (χ4v) is 4.21. The summed E-state index contributed by atoms with van der Waals surface area (Å²) in [6.07, 6.45) is -4.01. The molecule has 2 saturated heterocycles. The van der Waals surface area contributed by atoms with Crippen molar-refractivity contribution in [1.29, 1.82) is 0 Å². The van der Waals surface area contributed by atoms with Crippen molar-refractivity contribution in [2.45, 2.75) is 63.5 Å². The van der Waals surface area contributed by atoms with E-state index in [4.69, 9.17) is 33.7 Å². The first kappa shape index (κ1) is 30.5. The van der Waals surface area contributed by atoms with Crippen LogP contribution in [0.25, 0.3) is 0 Å². The topological polar surface area (TPSA) is 122 Å². The summed E-state index contributed by atoms with van der Waals surface area (Å²) in [6.45, 7) is 5.24. The Kier molecular flexibility index (Phi) is 10.9. The van der Waals surface area contributed by atoms with Gasteiger partial charge < -0.3 is 24.1 Å². The number of nitrogens with zero attached hydrogens (tertiary/aromatic N) is 2. The quantitative estimate of drug-likeness (QED) is 0.515. The molecule has 2 aliphatic rings. The third kappa shape index (κ3) is 9.94. The van der Waals surface area contributed by atoms with Crippen LogP contribution < -0.4 is 0 Å². The van der Waals surface area contributed by atoms with Crippen LogP contribution in [0.2, 0.25) is 0 Å². The van der Waals surface area contributed by atoms with Crippen molar-refractivity contribution in [3.63, 3.8) is 0 Å². The number of carboxylic acids is 2. The number of fused-ring (bicyclic) bond motifs is 1. The van der Waals surface area contributed by atoms with E-state index in [1.807, 2.05) is 19.3 Å². The highest BCUT2D eigenvalue weighted by Gasteiger charge is 2.44. The maximum absolute atomic E-state index is 10.6. The number of aromatic nitrogens is 1. The predicted octanol–water partition coefficient (Wildman–Crippen LogP) is 4.26. The zero-order valence-electron chi connectivity index (χ0n) is 19.3. The van der Waals surface area contributed by atoms with Gasteiger partial charge in [0.25, 0.3) is 0 Å². The maximum atomic E-state index is 10.6. The van der Waals surface area contributed by atoms with Crippen LogP contribution in [-0.2, 0) is 32.2 Å². The molecular weight excluding hydrogens is 538 g/mol. The molecule has 16 heteroatoms. The number of hydrogen-bond donors (Lipinski definition) is 2. The second-order valence-electron chi connectivity index (χ2n) is 7.92. The van der Waals surface area contributed by atoms with Crippen LogP contribution >= 0.6 is 11.3 Å². The van der Waals surface area contributed by atoms with Crippen molar-refractivity contribution in [2.75, 3.05) is 13.2 Å². The van der Waals surface area contributed by atoms with Gasteiger partial charge in [0.05, 0.1) is 35.9 Å². The van der Waals surface area contributed by atoms with Crippen molar-refractivity contribution in [3.05, 3.63) is 40.2 Å². The standard InChI is InChI=1S/C17H22N2O3S.2C2HF3O2/c1-12-18-14(11-23-12)10-22-16-8-19(7-13-4-6-20-9-13)15-3-2-5-21-17(15)16;2*3-2(4,5)1(6)7/h4,6,9,11,15-17H,2-3,5,7-8,10H2,1H3;2*(H,6,7)/t15-,16+,17+;;/m1../s1. The second kappa shape index (κ2) is 13.2. The van der Waals surface area contributed by atoms with Crippen molar-refractivity contribution in [2.24, 2.45) is 0 Å². The first-order valence-electron chi connectivity index (χ1n) is 10.7. The van der Waals surface area contributed by atoms with E-state index in [0.717, 1.165) is 36.8 Å². The molecule has 0 bridgehead atoms. The van der Waals surface area contributed by atoms with Crippen LogP contribution in [0.15, 0.2) is 28.4 Å². The van der Waals surface area contributed by atoms with Gasteiger partial charge in [0.2, 0.25) is 0 Å². The molecule has 0 aromatic carbocycles. The summed E-state index contributed by atoms with van der Waals surface area (Å²) in [7, 11) is 0. The third-order valence-corrected chi connectivity index (χ3v) is 5.97. The largest absolute Gasteiger partial charge is 0.490 e. The van der Waals surface area contributed by atoms with Gasteiger partial charge in [-0.25, -0.2) is 14.6 Å². The number of aliphatic carboxylic acids is 2. The first-order valence-corrected chi connectivity index (χ1v) is 11.6. The first-order chi connectivity index (χ1) is 17.2. The summed E-state index contributed by atoms with van der Waals surface area (Å²) < 4.78 is 80.9. The number of hydrogen-bond acceptors (Lipinski definition) is 8. The molecule has 2 aromatic rings. The fourth-order valence-electron chi connectivity index (χ4n) is 3.62. The van der Waals surface area contributed by atoms with Gasteiger partial charge >= 0.3 is 24.3 Å². The Labute approximate surface area is 210 Å². The number of halogens is 6. The lowest BCUT2D eigenvalue weighted by Crippen LogP contribution is -2.41. The van der Waals surface area contributed by atoms with Crippen LogP contribution in [0.3, 0.4) is 0 Å². The maximum Gasteiger partial charge on any atom is 0.490 e. The Morgan fingerprint density at radius 1 is 1.19 bits per heavy atom. The third-order valence-electron chi connectivity index (χ3n) is 5.15. The normalized spacial score (nSPS) is 21.8. The average Bonchev–Trinajstić information content (AvgIpc) is 3.54. The van der Waals surface area contributed by atoms with Gasteiger partial charge in [-0.3, -0.25) is 4.90 Å². The molecule has 9 nitrogen and oxygen atoms in total. The number of carbonyl (C=O) groups is 2. The number of alkyl halides is 6. The van der Waals surface area contributed by atoms with Crippen molar-refractivity contribution >= 4 is 23.3 Å².